The molecular weight excluding hydrogens is 419 g/mol. The van der Waals surface area contributed by atoms with Crippen molar-refractivity contribution in [2.75, 3.05) is 37.9 Å². The summed E-state index contributed by atoms with van der Waals surface area (Å²) in [6, 6.07) is 2.33. The van der Waals surface area contributed by atoms with Gasteiger partial charge in [0.2, 0.25) is 0 Å². The average Bonchev–Trinajstić information content (AvgIpc) is 3.11. The van der Waals surface area contributed by atoms with E-state index in [0.29, 0.717) is 32.0 Å². The molecule has 5 rings (SSSR count). The van der Waals surface area contributed by atoms with Gasteiger partial charge in [-0.15, -0.1) is 0 Å². The van der Waals surface area contributed by atoms with E-state index in [1.165, 1.54) is 5.56 Å². The molecule has 0 radical (unpaired) electrons. The zero-order valence-electron chi connectivity index (χ0n) is 16.8. The molecule has 0 aliphatic carbocycles. The second kappa shape index (κ2) is 7.74. The Morgan fingerprint density at radius 1 is 1.03 bits per heavy atom. The molecule has 1 aromatic heterocycles. The minimum Gasteiger partial charge on any atom is -0.378 e. The first-order valence-electron chi connectivity index (χ1n) is 10.5. The molecule has 0 N–H and O–H groups in total. The first-order valence-corrected chi connectivity index (χ1v) is 10.5. The largest absolute Gasteiger partial charge is 0.419 e. The molecule has 0 bridgehead atoms. The molecule has 0 amide bonds. The van der Waals surface area contributed by atoms with Gasteiger partial charge >= 0.3 is 6.18 Å². The van der Waals surface area contributed by atoms with Gasteiger partial charge < -0.3 is 4.74 Å². The van der Waals surface area contributed by atoms with Gasteiger partial charge in [0.25, 0.3) is 0 Å². The monoisotopic (exact) mass is 442 g/mol. The lowest BCUT2D eigenvalue weighted by atomic mass is 9.86. The van der Waals surface area contributed by atoms with Crippen LogP contribution in [0, 0.1) is 11.6 Å². The third kappa shape index (κ3) is 3.69. The zero-order valence-corrected chi connectivity index (χ0v) is 16.8. The Labute approximate surface area is 176 Å². The predicted octanol–water partition coefficient (Wildman–Crippen LogP) is 3.45. The van der Waals surface area contributed by atoms with Crippen molar-refractivity contribution in [3.63, 3.8) is 0 Å². The SMILES string of the molecule is Fc1ccc(C2CCN(n3ncc4c3CCN(C3COC3)C4)CC2)c(C(F)(F)F)c1F. The number of halogens is 5. The van der Waals surface area contributed by atoms with Crippen LogP contribution in [0.25, 0.3) is 0 Å². The average molecular weight is 442 g/mol. The highest BCUT2D eigenvalue weighted by Gasteiger charge is 2.40. The molecule has 3 aliphatic rings. The fourth-order valence-corrected chi connectivity index (χ4v) is 4.89. The molecule has 2 saturated heterocycles. The Bertz CT molecular complexity index is 963. The van der Waals surface area contributed by atoms with E-state index in [4.69, 9.17) is 4.74 Å². The van der Waals surface area contributed by atoms with Gasteiger partial charge in [-0.25, -0.2) is 8.78 Å². The molecule has 0 saturated carbocycles. The highest BCUT2D eigenvalue weighted by molar-refractivity contribution is 5.36. The second-order valence-electron chi connectivity index (χ2n) is 8.47. The van der Waals surface area contributed by atoms with Crippen molar-refractivity contribution < 1.29 is 26.7 Å². The maximum absolute atomic E-state index is 14.0. The van der Waals surface area contributed by atoms with Crippen LogP contribution in [0.5, 0.6) is 0 Å². The fourth-order valence-electron chi connectivity index (χ4n) is 4.89. The number of ether oxygens (including phenoxy) is 1. The van der Waals surface area contributed by atoms with E-state index in [1.807, 2.05) is 16.0 Å². The van der Waals surface area contributed by atoms with Crippen molar-refractivity contribution in [1.82, 2.24) is 14.8 Å². The lowest BCUT2D eigenvalue weighted by Gasteiger charge is -2.40. The molecule has 2 aromatic rings. The molecular formula is C21H23F5N4O. The number of rotatable bonds is 3. The summed E-state index contributed by atoms with van der Waals surface area (Å²) < 4.78 is 73.0. The van der Waals surface area contributed by atoms with Crippen LogP contribution in [0.4, 0.5) is 22.0 Å². The van der Waals surface area contributed by atoms with Crippen LogP contribution < -0.4 is 5.01 Å². The van der Waals surface area contributed by atoms with E-state index in [9.17, 15) is 22.0 Å². The van der Waals surface area contributed by atoms with E-state index in [0.717, 1.165) is 50.6 Å². The number of hydrogen-bond acceptors (Lipinski definition) is 4. The van der Waals surface area contributed by atoms with Gasteiger partial charge in [0.15, 0.2) is 11.6 Å². The molecule has 0 atom stereocenters. The topological polar surface area (TPSA) is 33.5 Å². The normalized spacial score (nSPS) is 21.3. The van der Waals surface area contributed by atoms with Gasteiger partial charge in [-0.2, -0.15) is 23.1 Å². The Hall–Kier alpha value is -2.20. The first-order chi connectivity index (χ1) is 14.8. The van der Waals surface area contributed by atoms with Crippen LogP contribution in [-0.4, -0.2) is 53.7 Å². The summed E-state index contributed by atoms with van der Waals surface area (Å²) in [6.45, 7) is 4.27. The number of benzene rings is 1. The van der Waals surface area contributed by atoms with Crippen molar-refractivity contribution >= 4 is 0 Å². The Morgan fingerprint density at radius 3 is 2.42 bits per heavy atom. The number of nitrogens with zero attached hydrogens (tertiary/aromatic N) is 4. The maximum atomic E-state index is 14.0. The highest BCUT2D eigenvalue weighted by Crippen LogP contribution is 2.41. The molecule has 1 aromatic carbocycles. The molecule has 10 heteroatoms. The summed E-state index contributed by atoms with van der Waals surface area (Å²) in [5.74, 6) is -3.77. The van der Waals surface area contributed by atoms with Gasteiger partial charge in [0.1, 0.15) is 0 Å². The minimum atomic E-state index is -4.93. The third-order valence-corrected chi connectivity index (χ3v) is 6.67. The van der Waals surface area contributed by atoms with Crippen LogP contribution in [0.15, 0.2) is 18.3 Å². The van der Waals surface area contributed by atoms with Gasteiger partial charge in [-0.05, 0) is 30.4 Å². The summed E-state index contributed by atoms with van der Waals surface area (Å²) in [7, 11) is 0. The minimum absolute atomic E-state index is 0.160. The van der Waals surface area contributed by atoms with Crippen molar-refractivity contribution in [2.24, 2.45) is 0 Å². The van der Waals surface area contributed by atoms with Crippen LogP contribution in [0.1, 0.15) is 41.1 Å². The summed E-state index contributed by atoms with van der Waals surface area (Å²) in [6.07, 6.45) is -1.39. The predicted molar refractivity (Wildman–Crippen MR) is 102 cm³/mol. The summed E-state index contributed by atoms with van der Waals surface area (Å²) in [5.41, 5.74) is 0.674. The lowest BCUT2D eigenvalue weighted by molar-refractivity contribution is -0.141. The van der Waals surface area contributed by atoms with Crippen molar-refractivity contribution in [1.29, 1.82) is 0 Å². The van der Waals surface area contributed by atoms with Crippen molar-refractivity contribution in [3.8, 4) is 0 Å². The maximum Gasteiger partial charge on any atom is 0.419 e. The first kappa shape index (κ1) is 20.7. The third-order valence-electron chi connectivity index (χ3n) is 6.67. The molecule has 5 nitrogen and oxygen atoms in total. The second-order valence-corrected chi connectivity index (χ2v) is 8.47. The van der Waals surface area contributed by atoms with E-state index >= 15 is 0 Å². The molecule has 0 unspecified atom stereocenters. The smallest absolute Gasteiger partial charge is 0.378 e. The van der Waals surface area contributed by atoms with Crippen LogP contribution in [0.3, 0.4) is 0 Å². The molecule has 168 valence electrons. The molecule has 3 aliphatic heterocycles. The Kier molecular flexibility index (Phi) is 5.16. The standard InChI is InChI=1S/C21H23F5N4O/c22-17-2-1-16(19(20(17)23)21(24,25)26)13-3-7-29(8-4-13)30-18-5-6-28(15-11-31-12-15)10-14(18)9-27-30/h1-2,9,13,15H,3-8,10-12H2. The van der Waals surface area contributed by atoms with E-state index in [2.05, 4.69) is 10.00 Å². The number of aromatic nitrogens is 2. The summed E-state index contributed by atoms with van der Waals surface area (Å²) >= 11 is 0. The van der Waals surface area contributed by atoms with Crippen molar-refractivity contribution in [3.05, 3.63) is 52.3 Å². The van der Waals surface area contributed by atoms with E-state index < -0.39 is 29.3 Å². The quantitative estimate of drug-likeness (QED) is 0.682. The lowest BCUT2D eigenvalue weighted by Crippen LogP contribution is -2.51. The van der Waals surface area contributed by atoms with Crippen molar-refractivity contribution in [2.45, 2.75) is 43.9 Å². The molecule has 2 fully saturated rings. The number of fused-ring (bicyclic) bond motifs is 1. The number of piperidine rings is 1. The number of hydrogen-bond donors (Lipinski definition) is 0. The molecule has 0 spiro atoms. The van der Waals surface area contributed by atoms with E-state index in [-0.39, 0.29) is 5.56 Å². The molecule has 31 heavy (non-hydrogen) atoms. The van der Waals surface area contributed by atoms with Crippen LogP contribution in [-0.2, 0) is 23.9 Å². The van der Waals surface area contributed by atoms with Gasteiger partial charge in [0, 0.05) is 38.2 Å². The van der Waals surface area contributed by atoms with Crippen LogP contribution >= 0.6 is 0 Å². The van der Waals surface area contributed by atoms with Gasteiger partial charge in [-0.1, -0.05) is 6.07 Å². The zero-order chi connectivity index (χ0) is 21.8. The Balaban J connectivity index is 1.30. The van der Waals surface area contributed by atoms with Crippen LogP contribution in [0.2, 0.25) is 0 Å². The molecule has 4 heterocycles. The summed E-state index contributed by atoms with van der Waals surface area (Å²) in [4.78, 5) is 4.28. The Morgan fingerprint density at radius 2 is 1.77 bits per heavy atom. The fraction of sp³-hybridized carbons (Fsp3) is 0.571. The highest BCUT2D eigenvalue weighted by atomic mass is 19.4. The van der Waals surface area contributed by atoms with E-state index in [1.54, 1.807) is 0 Å². The number of alkyl halides is 3. The van der Waals surface area contributed by atoms with Gasteiger partial charge in [0.05, 0.1) is 36.7 Å². The summed E-state index contributed by atoms with van der Waals surface area (Å²) in [5, 5.41) is 6.57. The van der Waals surface area contributed by atoms with Gasteiger partial charge in [-0.3, -0.25) is 9.91 Å².